The number of nitro benzene ring substituents is 2. The number of nitro groups is 2. The van der Waals surface area contributed by atoms with E-state index in [4.69, 9.17) is 11.6 Å². The lowest BCUT2D eigenvalue weighted by atomic mass is 10.1. The SMILES string of the molecule is O=C(c1cc([N+](=O)[O-])c(Cl)c([N+](=O)[O-])c1)N1CCN(c2ccccc2)CC1. The van der Waals surface area contributed by atoms with Gasteiger partial charge in [0.15, 0.2) is 5.02 Å². The van der Waals surface area contributed by atoms with E-state index in [9.17, 15) is 25.0 Å². The molecule has 1 aliphatic heterocycles. The number of amides is 1. The van der Waals surface area contributed by atoms with Crippen LogP contribution in [0.15, 0.2) is 42.5 Å². The molecule has 1 heterocycles. The number of halogens is 1. The topological polar surface area (TPSA) is 110 Å². The van der Waals surface area contributed by atoms with Crippen molar-refractivity contribution in [1.29, 1.82) is 0 Å². The van der Waals surface area contributed by atoms with Crippen LogP contribution >= 0.6 is 11.6 Å². The van der Waals surface area contributed by atoms with Crippen molar-refractivity contribution in [2.75, 3.05) is 31.1 Å². The Hall–Kier alpha value is -3.20. The summed E-state index contributed by atoms with van der Waals surface area (Å²) in [6.07, 6.45) is 0. The molecule has 27 heavy (non-hydrogen) atoms. The predicted molar refractivity (Wildman–Crippen MR) is 99.3 cm³/mol. The molecule has 2 aromatic carbocycles. The summed E-state index contributed by atoms with van der Waals surface area (Å²) in [6, 6.07) is 11.7. The summed E-state index contributed by atoms with van der Waals surface area (Å²) in [7, 11) is 0. The lowest BCUT2D eigenvalue weighted by Crippen LogP contribution is -2.48. The van der Waals surface area contributed by atoms with Gasteiger partial charge in [-0.05, 0) is 12.1 Å². The minimum Gasteiger partial charge on any atom is -0.368 e. The molecule has 140 valence electrons. The van der Waals surface area contributed by atoms with Gasteiger partial charge >= 0.3 is 0 Å². The predicted octanol–water partition coefficient (Wildman–Crippen LogP) is 3.12. The molecule has 0 aromatic heterocycles. The first kappa shape index (κ1) is 18.6. The van der Waals surface area contributed by atoms with Gasteiger partial charge in [-0.2, -0.15) is 0 Å². The molecular formula is C17H15ClN4O5. The summed E-state index contributed by atoms with van der Waals surface area (Å²) in [4.78, 5) is 36.9. The molecule has 1 fully saturated rings. The Bertz CT molecular complexity index is 862. The third-order valence-electron chi connectivity index (χ3n) is 4.36. The average Bonchev–Trinajstić information content (AvgIpc) is 2.68. The number of anilines is 1. The standard InChI is InChI=1S/C17H15ClN4O5/c18-16-14(21(24)25)10-12(11-15(16)22(26)27)17(23)20-8-6-19(7-9-20)13-4-2-1-3-5-13/h1-5,10-11H,6-9H2. The fourth-order valence-electron chi connectivity index (χ4n) is 2.97. The Morgan fingerprint density at radius 3 is 1.93 bits per heavy atom. The van der Waals surface area contributed by atoms with Crippen LogP contribution in [-0.2, 0) is 0 Å². The van der Waals surface area contributed by atoms with Crippen LogP contribution < -0.4 is 4.90 Å². The number of hydrogen-bond donors (Lipinski definition) is 0. The summed E-state index contributed by atoms with van der Waals surface area (Å²) < 4.78 is 0. The number of nitrogens with zero attached hydrogens (tertiary/aromatic N) is 4. The number of para-hydroxylation sites is 1. The van der Waals surface area contributed by atoms with Crippen molar-refractivity contribution in [3.63, 3.8) is 0 Å². The number of piperazine rings is 1. The third kappa shape index (κ3) is 3.82. The molecule has 0 saturated carbocycles. The molecule has 0 unspecified atom stereocenters. The van der Waals surface area contributed by atoms with E-state index in [-0.39, 0.29) is 5.56 Å². The van der Waals surface area contributed by atoms with Crippen LogP contribution in [0.2, 0.25) is 5.02 Å². The number of carbonyl (C=O) groups is 1. The van der Waals surface area contributed by atoms with E-state index < -0.39 is 32.2 Å². The average molecular weight is 391 g/mol. The molecule has 1 aliphatic rings. The number of rotatable bonds is 4. The normalized spacial score (nSPS) is 14.1. The van der Waals surface area contributed by atoms with Crippen molar-refractivity contribution in [3.05, 3.63) is 73.3 Å². The highest BCUT2D eigenvalue weighted by Gasteiger charge is 2.30. The van der Waals surface area contributed by atoms with Gasteiger partial charge in [-0.3, -0.25) is 25.0 Å². The third-order valence-corrected chi connectivity index (χ3v) is 4.75. The number of carbonyl (C=O) groups excluding carboxylic acids is 1. The molecule has 9 nitrogen and oxygen atoms in total. The maximum Gasteiger partial charge on any atom is 0.295 e. The molecule has 1 amide bonds. The maximum atomic E-state index is 12.7. The smallest absolute Gasteiger partial charge is 0.295 e. The van der Waals surface area contributed by atoms with Crippen molar-refractivity contribution in [3.8, 4) is 0 Å². The van der Waals surface area contributed by atoms with Crippen molar-refractivity contribution in [2.24, 2.45) is 0 Å². The van der Waals surface area contributed by atoms with Crippen LogP contribution in [0.5, 0.6) is 0 Å². The van der Waals surface area contributed by atoms with Gasteiger partial charge in [0, 0.05) is 44.0 Å². The van der Waals surface area contributed by atoms with Crippen LogP contribution in [0.3, 0.4) is 0 Å². The molecule has 0 atom stereocenters. The van der Waals surface area contributed by atoms with Gasteiger partial charge in [0.2, 0.25) is 0 Å². The minimum absolute atomic E-state index is 0.119. The van der Waals surface area contributed by atoms with E-state index in [2.05, 4.69) is 4.90 Å². The fourth-order valence-corrected chi connectivity index (χ4v) is 3.22. The molecule has 0 aliphatic carbocycles. The van der Waals surface area contributed by atoms with Gasteiger partial charge in [0.25, 0.3) is 17.3 Å². The molecule has 0 N–H and O–H groups in total. The minimum atomic E-state index is -0.834. The van der Waals surface area contributed by atoms with Crippen molar-refractivity contribution in [2.45, 2.75) is 0 Å². The number of hydrogen-bond acceptors (Lipinski definition) is 6. The van der Waals surface area contributed by atoms with Crippen LogP contribution in [0, 0.1) is 20.2 Å². The van der Waals surface area contributed by atoms with E-state index in [0.29, 0.717) is 26.2 Å². The first-order valence-corrected chi connectivity index (χ1v) is 8.48. The van der Waals surface area contributed by atoms with Crippen molar-refractivity contribution < 1.29 is 14.6 Å². The van der Waals surface area contributed by atoms with E-state index >= 15 is 0 Å². The van der Waals surface area contributed by atoms with Crippen LogP contribution in [0.4, 0.5) is 17.1 Å². The van der Waals surface area contributed by atoms with Gasteiger partial charge < -0.3 is 9.80 Å². The first-order chi connectivity index (χ1) is 12.9. The Morgan fingerprint density at radius 1 is 0.926 bits per heavy atom. The van der Waals surface area contributed by atoms with E-state index in [1.165, 1.54) is 4.90 Å². The largest absolute Gasteiger partial charge is 0.368 e. The van der Waals surface area contributed by atoms with Gasteiger partial charge in [-0.25, -0.2) is 0 Å². The lowest BCUT2D eigenvalue weighted by Gasteiger charge is -2.36. The Morgan fingerprint density at radius 2 is 1.44 bits per heavy atom. The highest BCUT2D eigenvalue weighted by Crippen LogP contribution is 2.35. The zero-order valence-corrected chi connectivity index (χ0v) is 14.8. The second-order valence-corrected chi connectivity index (χ2v) is 6.34. The monoisotopic (exact) mass is 390 g/mol. The van der Waals surface area contributed by atoms with E-state index in [1.807, 2.05) is 30.3 Å². The summed E-state index contributed by atoms with van der Waals surface area (Å²) in [6.45, 7) is 1.98. The van der Waals surface area contributed by atoms with Gasteiger partial charge in [0.1, 0.15) is 0 Å². The second-order valence-electron chi connectivity index (χ2n) is 5.96. The van der Waals surface area contributed by atoms with Crippen molar-refractivity contribution in [1.82, 2.24) is 4.90 Å². The van der Waals surface area contributed by atoms with Gasteiger partial charge in [-0.1, -0.05) is 29.8 Å². The Labute approximate surface area is 159 Å². The molecule has 3 rings (SSSR count). The highest BCUT2D eigenvalue weighted by atomic mass is 35.5. The summed E-state index contributed by atoms with van der Waals surface area (Å²) >= 11 is 5.73. The summed E-state index contributed by atoms with van der Waals surface area (Å²) in [5.74, 6) is -0.495. The fraction of sp³-hybridized carbons (Fsp3) is 0.235. The molecule has 0 bridgehead atoms. The van der Waals surface area contributed by atoms with Gasteiger partial charge in [0.05, 0.1) is 15.4 Å². The lowest BCUT2D eigenvalue weighted by molar-refractivity contribution is -0.393. The van der Waals surface area contributed by atoms with E-state index in [1.54, 1.807) is 0 Å². The van der Waals surface area contributed by atoms with Gasteiger partial charge in [-0.15, -0.1) is 0 Å². The zero-order chi connectivity index (χ0) is 19.6. The molecule has 0 radical (unpaired) electrons. The Kier molecular flexibility index (Phi) is 5.22. The molecule has 10 heteroatoms. The molecule has 2 aromatic rings. The quantitative estimate of drug-likeness (QED) is 0.586. The number of benzene rings is 2. The van der Waals surface area contributed by atoms with Crippen LogP contribution in [0.25, 0.3) is 0 Å². The molecule has 1 saturated heterocycles. The Balaban J connectivity index is 1.80. The molecule has 0 spiro atoms. The van der Waals surface area contributed by atoms with E-state index in [0.717, 1.165) is 17.8 Å². The second kappa shape index (κ2) is 7.58. The van der Waals surface area contributed by atoms with Crippen LogP contribution in [-0.4, -0.2) is 46.8 Å². The highest BCUT2D eigenvalue weighted by molar-refractivity contribution is 6.35. The summed E-state index contributed by atoms with van der Waals surface area (Å²) in [5, 5.41) is 21.6. The zero-order valence-electron chi connectivity index (χ0n) is 14.1. The van der Waals surface area contributed by atoms with Crippen LogP contribution in [0.1, 0.15) is 10.4 Å². The molecular weight excluding hydrogens is 376 g/mol. The first-order valence-electron chi connectivity index (χ1n) is 8.10. The van der Waals surface area contributed by atoms with Crippen molar-refractivity contribution >= 4 is 34.6 Å². The maximum absolute atomic E-state index is 12.7. The summed E-state index contributed by atoms with van der Waals surface area (Å²) in [5.41, 5.74) is -0.386.